The van der Waals surface area contributed by atoms with Crippen LogP contribution in [-0.2, 0) is 20.7 Å². The van der Waals surface area contributed by atoms with Crippen LogP contribution in [0.1, 0.15) is 31.7 Å². The predicted molar refractivity (Wildman–Crippen MR) is 87.1 cm³/mol. The van der Waals surface area contributed by atoms with Crippen LogP contribution in [0.15, 0.2) is 24.3 Å². The first kappa shape index (κ1) is 18.4. The lowest BCUT2D eigenvalue weighted by molar-refractivity contribution is -0.149. The van der Waals surface area contributed by atoms with E-state index in [0.29, 0.717) is 44.5 Å². The molecule has 5 nitrogen and oxygen atoms in total. The van der Waals surface area contributed by atoms with Gasteiger partial charge in [0.1, 0.15) is 12.4 Å². The Balaban J connectivity index is 1.99. The standard InChI is InChI=1S/C18H24FNO4/c1-13(6-7-14-4-2-3-5-16(14)19)18(23)20(12-17(21)22)15-8-10-24-11-9-15/h2-5,13,15H,6-12H2,1H3,(H,21,22). The fourth-order valence-electron chi connectivity index (χ4n) is 3.01. The van der Waals surface area contributed by atoms with Crippen LogP contribution in [-0.4, -0.2) is 47.7 Å². The second kappa shape index (κ2) is 8.78. The Hall–Kier alpha value is -1.95. The highest BCUT2D eigenvalue weighted by atomic mass is 19.1. The summed E-state index contributed by atoms with van der Waals surface area (Å²) in [6.07, 6.45) is 2.24. The lowest BCUT2D eigenvalue weighted by atomic mass is 9.97. The van der Waals surface area contributed by atoms with Crippen molar-refractivity contribution in [1.29, 1.82) is 0 Å². The van der Waals surface area contributed by atoms with Crippen LogP contribution in [0.4, 0.5) is 4.39 Å². The lowest BCUT2D eigenvalue weighted by Gasteiger charge is -2.35. The third-order valence-corrected chi connectivity index (χ3v) is 4.45. The van der Waals surface area contributed by atoms with Gasteiger partial charge in [0, 0.05) is 25.2 Å². The molecule has 0 aromatic heterocycles. The Bertz CT molecular complexity index is 572. The van der Waals surface area contributed by atoms with E-state index in [1.807, 2.05) is 0 Å². The molecule has 1 heterocycles. The first-order chi connectivity index (χ1) is 11.5. The first-order valence-electron chi connectivity index (χ1n) is 8.32. The molecular formula is C18H24FNO4. The van der Waals surface area contributed by atoms with E-state index >= 15 is 0 Å². The Morgan fingerprint density at radius 3 is 2.62 bits per heavy atom. The summed E-state index contributed by atoms with van der Waals surface area (Å²) in [5, 5.41) is 9.11. The summed E-state index contributed by atoms with van der Waals surface area (Å²) in [5.41, 5.74) is 0.577. The molecule has 1 saturated heterocycles. The van der Waals surface area contributed by atoms with Crippen LogP contribution in [0.5, 0.6) is 0 Å². The molecule has 1 N–H and O–H groups in total. The quantitative estimate of drug-likeness (QED) is 0.830. The molecule has 0 radical (unpaired) electrons. The van der Waals surface area contributed by atoms with Gasteiger partial charge in [0.25, 0.3) is 0 Å². The molecule has 0 aliphatic carbocycles. The van der Waals surface area contributed by atoms with E-state index in [4.69, 9.17) is 9.84 Å². The zero-order valence-corrected chi connectivity index (χ0v) is 13.9. The zero-order valence-electron chi connectivity index (χ0n) is 13.9. The summed E-state index contributed by atoms with van der Waals surface area (Å²) < 4.78 is 19.0. The van der Waals surface area contributed by atoms with Crippen molar-refractivity contribution in [3.63, 3.8) is 0 Å². The third kappa shape index (κ3) is 5.03. The number of nitrogens with zero attached hydrogens (tertiary/aromatic N) is 1. The van der Waals surface area contributed by atoms with Crippen molar-refractivity contribution in [2.24, 2.45) is 5.92 Å². The number of aliphatic carboxylic acids is 1. The average Bonchev–Trinajstić information content (AvgIpc) is 2.58. The van der Waals surface area contributed by atoms with Crippen LogP contribution in [0, 0.1) is 11.7 Å². The minimum atomic E-state index is -1.02. The molecule has 1 aliphatic heterocycles. The number of ether oxygens (including phenoxy) is 1. The molecule has 6 heteroatoms. The van der Waals surface area contributed by atoms with Gasteiger partial charge in [-0.05, 0) is 37.3 Å². The van der Waals surface area contributed by atoms with Gasteiger partial charge < -0.3 is 14.7 Å². The molecule has 1 amide bonds. The van der Waals surface area contributed by atoms with Crippen molar-refractivity contribution in [2.75, 3.05) is 19.8 Å². The molecule has 2 rings (SSSR count). The Morgan fingerprint density at radius 1 is 1.33 bits per heavy atom. The number of benzene rings is 1. The number of carboxylic acids is 1. The van der Waals surface area contributed by atoms with Crippen LogP contribution < -0.4 is 0 Å². The van der Waals surface area contributed by atoms with E-state index in [9.17, 15) is 14.0 Å². The molecule has 1 aromatic carbocycles. The highest BCUT2D eigenvalue weighted by Crippen LogP contribution is 2.20. The maximum Gasteiger partial charge on any atom is 0.323 e. The number of carbonyl (C=O) groups excluding carboxylic acids is 1. The summed E-state index contributed by atoms with van der Waals surface area (Å²) in [4.78, 5) is 25.3. The molecule has 0 bridgehead atoms. The van der Waals surface area contributed by atoms with Crippen molar-refractivity contribution in [3.05, 3.63) is 35.6 Å². The maximum absolute atomic E-state index is 13.7. The van der Waals surface area contributed by atoms with Gasteiger partial charge in [0.15, 0.2) is 0 Å². The summed E-state index contributed by atoms with van der Waals surface area (Å²) in [6, 6.07) is 6.41. The van der Waals surface area contributed by atoms with Gasteiger partial charge in [-0.25, -0.2) is 4.39 Å². The number of carboxylic acid groups (broad SMARTS) is 1. The van der Waals surface area contributed by atoms with E-state index in [1.54, 1.807) is 25.1 Å². The van der Waals surface area contributed by atoms with Crippen LogP contribution in [0.25, 0.3) is 0 Å². The first-order valence-corrected chi connectivity index (χ1v) is 8.32. The van der Waals surface area contributed by atoms with Gasteiger partial charge >= 0.3 is 5.97 Å². The fraction of sp³-hybridized carbons (Fsp3) is 0.556. The predicted octanol–water partition coefficient (Wildman–Crippen LogP) is 2.49. The molecule has 132 valence electrons. The summed E-state index contributed by atoms with van der Waals surface area (Å²) in [6.45, 7) is 2.56. The molecular weight excluding hydrogens is 313 g/mol. The lowest BCUT2D eigenvalue weighted by Crippen LogP contribution is -2.48. The van der Waals surface area contributed by atoms with Gasteiger partial charge in [-0.1, -0.05) is 25.1 Å². The summed E-state index contributed by atoms with van der Waals surface area (Å²) in [5.74, 6) is -1.83. The molecule has 1 aliphatic rings. The van der Waals surface area contributed by atoms with Gasteiger partial charge in [-0.2, -0.15) is 0 Å². The van der Waals surface area contributed by atoms with E-state index in [0.717, 1.165) is 0 Å². The van der Waals surface area contributed by atoms with Gasteiger partial charge in [-0.3, -0.25) is 9.59 Å². The highest BCUT2D eigenvalue weighted by molar-refractivity contribution is 5.83. The second-order valence-electron chi connectivity index (χ2n) is 6.23. The number of halogens is 1. The molecule has 1 fully saturated rings. The van der Waals surface area contributed by atoms with Crippen molar-refractivity contribution < 1.29 is 23.8 Å². The molecule has 0 saturated carbocycles. The van der Waals surface area contributed by atoms with Crippen LogP contribution in [0.2, 0.25) is 0 Å². The smallest absolute Gasteiger partial charge is 0.323 e. The number of aryl methyl sites for hydroxylation is 1. The minimum Gasteiger partial charge on any atom is -0.480 e. The number of amides is 1. The topological polar surface area (TPSA) is 66.8 Å². The fourth-order valence-corrected chi connectivity index (χ4v) is 3.01. The van der Waals surface area contributed by atoms with Crippen molar-refractivity contribution in [3.8, 4) is 0 Å². The molecule has 1 unspecified atom stereocenters. The largest absolute Gasteiger partial charge is 0.480 e. The number of hydrogen-bond acceptors (Lipinski definition) is 3. The summed E-state index contributed by atoms with van der Waals surface area (Å²) in [7, 11) is 0. The van der Waals surface area contributed by atoms with E-state index in [2.05, 4.69) is 0 Å². The molecule has 0 spiro atoms. The number of hydrogen-bond donors (Lipinski definition) is 1. The van der Waals surface area contributed by atoms with E-state index in [1.165, 1.54) is 11.0 Å². The molecule has 1 atom stereocenters. The van der Waals surface area contributed by atoms with Gasteiger partial charge in [-0.15, -0.1) is 0 Å². The maximum atomic E-state index is 13.7. The van der Waals surface area contributed by atoms with Gasteiger partial charge in [0.2, 0.25) is 5.91 Å². The number of carbonyl (C=O) groups is 2. The average molecular weight is 337 g/mol. The zero-order chi connectivity index (χ0) is 17.5. The summed E-state index contributed by atoms with van der Waals surface area (Å²) >= 11 is 0. The minimum absolute atomic E-state index is 0.0988. The Kier molecular flexibility index (Phi) is 6.73. The molecule has 1 aromatic rings. The van der Waals surface area contributed by atoms with Crippen LogP contribution >= 0.6 is 0 Å². The second-order valence-corrected chi connectivity index (χ2v) is 6.23. The van der Waals surface area contributed by atoms with Gasteiger partial charge in [0.05, 0.1) is 0 Å². The highest BCUT2D eigenvalue weighted by Gasteiger charge is 2.30. The monoisotopic (exact) mass is 337 g/mol. The van der Waals surface area contributed by atoms with Crippen molar-refractivity contribution in [2.45, 2.75) is 38.6 Å². The van der Waals surface area contributed by atoms with Crippen LogP contribution in [0.3, 0.4) is 0 Å². The SMILES string of the molecule is CC(CCc1ccccc1F)C(=O)N(CC(=O)O)C1CCOCC1. The molecule has 24 heavy (non-hydrogen) atoms. The Morgan fingerprint density at radius 2 is 2.00 bits per heavy atom. The third-order valence-electron chi connectivity index (χ3n) is 4.45. The normalized spacial score (nSPS) is 16.6. The van der Waals surface area contributed by atoms with Crippen molar-refractivity contribution >= 4 is 11.9 Å². The van der Waals surface area contributed by atoms with E-state index in [-0.39, 0.29) is 30.2 Å². The Labute approximate surface area is 141 Å². The van der Waals surface area contributed by atoms with Crippen molar-refractivity contribution in [1.82, 2.24) is 4.90 Å². The van der Waals surface area contributed by atoms with E-state index < -0.39 is 5.97 Å². The number of rotatable bonds is 7.